The van der Waals surface area contributed by atoms with Crippen LogP contribution in [0.15, 0.2) is 16.7 Å². The second-order valence-corrected chi connectivity index (χ2v) is 6.78. The van der Waals surface area contributed by atoms with E-state index in [9.17, 15) is 0 Å². The van der Waals surface area contributed by atoms with Crippen molar-refractivity contribution in [2.75, 3.05) is 17.2 Å². The van der Waals surface area contributed by atoms with E-state index in [4.69, 9.17) is 11.6 Å². The topological polar surface area (TPSA) is 16.1 Å². The van der Waals surface area contributed by atoms with Gasteiger partial charge in [0.1, 0.15) is 5.82 Å². The average molecular weight is 322 g/mol. The van der Waals surface area contributed by atoms with Crippen molar-refractivity contribution in [2.24, 2.45) is 0 Å². The second-order valence-electron chi connectivity index (χ2n) is 3.97. The van der Waals surface area contributed by atoms with Gasteiger partial charge in [0.25, 0.3) is 0 Å². The van der Waals surface area contributed by atoms with Crippen LogP contribution in [0.25, 0.3) is 0 Å². The zero-order valence-corrected chi connectivity index (χ0v) is 12.4. The molecule has 1 saturated heterocycles. The molecule has 16 heavy (non-hydrogen) atoms. The van der Waals surface area contributed by atoms with Crippen LogP contribution in [-0.4, -0.2) is 28.6 Å². The van der Waals surface area contributed by atoms with Gasteiger partial charge >= 0.3 is 0 Å². The van der Waals surface area contributed by atoms with E-state index in [-0.39, 0.29) is 0 Å². The van der Waals surface area contributed by atoms with Crippen molar-refractivity contribution in [1.82, 2.24) is 4.98 Å². The summed E-state index contributed by atoms with van der Waals surface area (Å²) in [6.45, 7) is 5.51. The summed E-state index contributed by atoms with van der Waals surface area (Å²) >= 11 is 11.6. The molecule has 2 rings (SSSR count). The van der Waals surface area contributed by atoms with Crippen molar-refractivity contribution >= 4 is 45.1 Å². The highest BCUT2D eigenvalue weighted by Crippen LogP contribution is 2.32. The molecular formula is C11H14BrClN2S. The minimum atomic E-state index is 0.477. The molecule has 1 fully saturated rings. The van der Waals surface area contributed by atoms with Crippen LogP contribution in [0.2, 0.25) is 5.02 Å². The van der Waals surface area contributed by atoms with Gasteiger partial charge in [0.15, 0.2) is 0 Å². The van der Waals surface area contributed by atoms with Crippen molar-refractivity contribution in [2.45, 2.75) is 25.1 Å². The molecule has 2 unspecified atom stereocenters. The van der Waals surface area contributed by atoms with Crippen LogP contribution in [-0.2, 0) is 0 Å². The molecule has 1 aromatic heterocycles. The number of aromatic nitrogens is 1. The van der Waals surface area contributed by atoms with Gasteiger partial charge in [0.05, 0.1) is 5.02 Å². The normalized spacial score (nSPS) is 25.9. The third-order valence-corrected chi connectivity index (χ3v) is 4.99. The minimum Gasteiger partial charge on any atom is -0.351 e. The van der Waals surface area contributed by atoms with Gasteiger partial charge in [0, 0.05) is 34.3 Å². The quantitative estimate of drug-likeness (QED) is 0.782. The van der Waals surface area contributed by atoms with Crippen molar-refractivity contribution in [1.29, 1.82) is 0 Å². The van der Waals surface area contributed by atoms with Crippen LogP contribution in [0.1, 0.15) is 13.8 Å². The molecule has 0 aliphatic carbocycles. The minimum absolute atomic E-state index is 0.477. The maximum absolute atomic E-state index is 6.23. The number of thioether (sulfide) groups is 1. The summed E-state index contributed by atoms with van der Waals surface area (Å²) in [5.74, 6) is 2.05. The number of rotatable bonds is 1. The van der Waals surface area contributed by atoms with Crippen molar-refractivity contribution in [3.63, 3.8) is 0 Å². The monoisotopic (exact) mass is 320 g/mol. The van der Waals surface area contributed by atoms with Crippen LogP contribution in [0.3, 0.4) is 0 Å². The Labute approximate surface area is 114 Å². The first kappa shape index (κ1) is 12.5. The highest BCUT2D eigenvalue weighted by molar-refractivity contribution is 9.10. The Kier molecular flexibility index (Phi) is 4.03. The van der Waals surface area contributed by atoms with Crippen LogP contribution >= 0.6 is 39.3 Å². The lowest BCUT2D eigenvalue weighted by Gasteiger charge is -2.38. The molecule has 1 aromatic rings. The average Bonchev–Trinajstić information content (AvgIpc) is 2.23. The first-order valence-electron chi connectivity index (χ1n) is 5.29. The highest BCUT2D eigenvalue weighted by atomic mass is 79.9. The lowest BCUT2D eigenvalue weighted by molar-refractivity contribution is 0.620. The van der Waals surface area contributed by atoms with Gasteiger partial charge in [-0.1, -0.05) is 18.5 Å². The first-order chi connectivity index (χ1) is 7.59. The van der Waals surface area contributed by atoms with Crippen molar-refractivity contribution in [3.8, 4) is 0 Å². The molecule has 0 amide bonds. The predicted octanol–water partition coefficient (Wildman–Crippen LogP) is 3.83. The molecule has 2 nitrogen and oxygen atoms in total. The Hall–Kier alpha value is 0.0700. The van der Waals surface area contributed by atoms with E-state index in [1.807, 2.05) is 17.8 Å². The molecular weight excluding hydrogens is 308 g/mol. The standard InChI is InChI=1S/C11H14BrClN2S/c1-7-8(2)16-4-3-15(7)11-10(13)5-9(12)6-14-11/h5-8H,3-4H2,1-2H3. The molecule has 2 heterocycles. The van der Waals surface area contributed by atoms with Gasteiger partial charge in [-0.2, -0.15) is 11.8 Å². The number of hydrogen-bond acceptors (Lipinski definition) is 3. The molecule has 0 aromatic carbocycles. The lowest BCUT2D eigenvalue weighted by atomic mass is 10.2. The second kappa shape index (κ2) is 5.15. The Morgan fingerprint density at radius 2 is 2.31 bits per heavy atom. The van der Waals surface area contributed by atoms with E-state index in [0.29, 0.717) is 11.3 Å². The van der Waals surface area contributed by atoms with Gasteiger partial charge in [0.2, 0.25) is 0 Å². The number of nitrogens with zero attached hydrogens (tertiary/aromatic N) is 2. The highest BCUT2D eigenvalue weighted by Gasteiger charge is 2.27. The molecule has 1 aliphatic rings. The third-order valence-electron chi connectivity index (χ3n) is 2.94. The van der Waals surface area contributed by atoms with Crippen molar-refractivity contribution in [3.05, 3.63) is 21.8 Å². The SMILES string of the molecule is CC1SCCN(c2ncc(Br)cc2Cl)C1C. The van der Waals surface area contributed by atoms with E-state index in [1.165, 1.54) is 0 Å². The zero-order valence-electron chi connectivity index (χ0n) is 9.28. The number of hydrogen-bond donors (Lipinski definition) is 0. The lowest BCUT2D eigenvalue weighted by Crippen LogP contribution is -2.45. The fourth-order valence-corrected chi connectivity index (χ4v) is 3.69. The summed E-state index contributed by atoms with van der Waals surface area (Å²) in [5.41, 5.74) is 0. The fourth-order valence-electron chi connectivity index (χ4n) is 1.85. The van der Waals surface area contributed by atoms with Gasteiger partial charge in [-0.3, -0.25) is 0 Å². The Morgan fingerprint density at radius 1 is 1.56 bits per heavy atom. The molecule has 2 atom stereocenters. The van der Waals surface area contributed by atoms with Crippen LogP contribution in [0.5, 0.6) is 0 Å². The number of anilines is 1. The fraction of sp³-hybridized carbons (Fsp3) is 0.545. The summed E-state index contributed by atoms with van der Waals surface area (Å²) in [6.07, 6.45) is 1.81. The number of pyridine rings is 1. The molecule has 0 N–H and O–H groups in total. The van der Waals surface area contributed by atoms with Crippen LogP contribution in [0.4, 0.5) is 5.82 Å². The third kappa shape index (κ3) is 2.49. The largest absolute Gasteiger partial charge is 0.351 e. The summed E-state index contributed by atoms with van der Waals surface area (Å²) in [6, 6.07) is 2.38. The van der Waals surface area contributed by atoms with E-state index in [0.717, 1.165) is 27.6 Å². The summed E-state index contributed by atoms with van der Waals surface area (Å²) < 4.78 is 0.924. The summed E-state index contributed by atoms with van der Waals surface area (Å²) in [7, 11) is 0. The van der Waals surface area contributed by atoms with Crippen LogP contribution < -0.4 is 4.90 Å². The molecule has 88 valence electrons. The van der Waals surface area contributed by atoms with E-state index < -0.39 is 0 Å². The van der Waals surface area contributed by atoms with Gasteiger partial charge in [-0.15, -0.1) is 0 Å². The van der Waals surface area contributed by atoms with Gasteiger partial charge in [-0.25, -0.2) is 4.98 Å². The molecule has 0 bridgehead atoms. The van der Waals surface area contributed by atoms with E-state index in [1.54, 1.807) is 6.20 Å². The molecule has 5 heteroatoms. The Morgan fingerprint density at radius 3 is 3.00 bits per heavy atom. The maximum Gasteiger partial charge on any atom is 0.147 e. The van der Waals surface area contributed by atoms with E-state index in [2.05, 4.69) is 39.7 Å². The zero-order chi connectivity index (χ0) is 11.7. The first-order valence-corrected chi connectivity index (χ1v) is 7.51. The van der Waals surface area contributed by atoms with Crippen molar-refractivity contribution < 1.29 is 0 Å². The van der Waals surface area contributed by atoms with E-state index >= 15 is 0 Å². The molecule has 0 spiro atoms. The van der Waals surface area contributed by atoms with Crippen LogP contribution in [0, 0.1) is 0 Å². The maximum atomic E-state index is 6.23. The molecule has 1 aliphatic heterocycles. The summed E-state index contributed by atoms with van der Waals surface area (Å²) in [5, 5.41) is 1.34. The Bertz CT molecular complexity index is 388. The number of halogens is 2. The smallest absolute Gasteiger partial charge is 0.147 e. The Balaban J connectivity index is 2.29. The van der Waals surface area contributed by atoms with Gasteiger partial charge < -0.3 is 4.90 Å². The van der Waals surface area contributed by atoms with Gasteiger partial charge in [-0.05, 0) is 28.9 Å². The predicted molar refractivity (Wildman–Crippen MR) is 75.7 cm³/mol. The molecule has 0 radical (unpaired) electrons. The summed E-state index contributed by atoms with van der Waals surface area (Å²) in [4.78, 5) is 6.73. The molecule has 0 saturated carbocycles.